The lowest BCUT2D eigenvalue weighted by atomic mass is 10.2. The molecule has 0 aliphatic carbocycles. The number of hydrogen-bond donors (Lipinski definition) is 3. The number of anilines is 4. The van der Waals surface area contributed by atoms with Gasteiger partial charge in [-0.1, -0.05) is 0 Å². The number of benzene rings is 2. The smallest absolute Gasteiger partial charge is 0.284 e. The number of hydrogen-bond acceptors (Lipinski definition) is 10. The third kappa shape index (κ3) is 5.66. The molecule has 188 valence electrons. The summed E-state index contributed by atoms with van der Waals surface area (Å²) in [5, 5.41) is 17.6. The summed E-state index contributed by atoms with van der Waals surface area (Å²) < 4.78 is 5.20. The Bertz CT molecular complexity index is 1300. The van der Waals surface area contributed by atoms with E-state index in [-0.39, 0.29) is 5.91 Å². The molecule has 0 spiro atoms. The SMILES string of the molecule is COc1ccc(N)c(NC(=O)c2nc3c(s2)CN(C(=C[N+](=O)[O-])Nc2ccc(N(C)C)cc2)CC3)c1. The average molecular weight is 510 g/mol. The number of nitrogens with zero attached hydrogens (tertiary/aromatic N) is 4. The number of methoxy groups -OCH3 is 1. The normalized spacial score (nSPS) is 13.1. The molecule has 0 saturated carbocycles. The van der Waals surface area contributed by atoms with E-state index in [9.17, 15) is 14.9 Å². The summed E-state index contributed by atoms with van der Waals surface area (Å²) in [7, 11) is 5.43. The lowest BCUT2D eigenvalue weighted by molar-refractivity contribution is -0.404. The van der Waals surface area contributed by atoms with Crippen LogP contribution in [-0.4, -0.2) is 48.5 Å². The molecule has 1 aliphatic rings. The molecule has 0 radical (unpaired) electrons. The molecular weight excluding hydrogens is 482 g/mol. The number of nitrogens with one attached hydrogen (secondary N) is 2. The molecule has 0 atom stereocenters. The van der Waals surface area contributed by atoms with Gasteiger partial charge in [0, 0.05) is 49.4 Å². The fourth-order valence-corrected chi connectivity index (χ4v) is 4.75. The monoisotopic (exact) mass is 509 g/mol. The van der Waals surface area contributed by atoms with Gasteiger partial charge in [-0.25, -0.2) is 4.98 Å². The van der Waals surface area contributed by atoms with Crippen LogP contribution >= 0.6 is 11.3 Å². The minimum Gasteiger partial charge on any atom is -0.497 e. The lowest BCUT2D eigenvalue weighted by Gasteiger charge is -2.29. The summed E-state index contributed by atoms with van der Waals surface area (Å²) in [4.78, 5) is 33.0. The third-order valence-electron chi connectivity index (χ3n) is 5.66. The first-order chi connectivity index (χ1) is 17.2. The van der Waals surface area contributed by atoms with Gasteiger partial charge in [-0.15, -0.1) is 11.3 Å². The number of aromatic nitrogens is 1. The molecule has 3 aromatic rings. The first-order valence-corrected chi connectivity index (χ1v) is 11.9. The van der Waals surface area contributed by atoms with E-state index < -0.39 is 4.92 Å². The van der Waals surface area contributed by atoms with Crippen molar-refractivity contribution < 1.29 is 14.5 Å². The molecule has 2 aromatic carbocycles. The van der Waals surface area contributed by atoms with Crippen molar-refractivity contribution in [3.63, 3.8) is 0 Å². The van der Waals surface area contributed by atoms with Crippen molar-refractivity contribution in [2.75, 3.05) is 49.0 Å². The zero-order valence-corrected chi connectivity index (χ0v) is 21.0. The predicted molar refractivity (Wildman–Crippen MR) is 141 cm³/mol. The maximum atomic E-state index is 12.9. The minimum absolute atomic E-state index is 0.302. The second kappa shape index (κ2) is 10.5. The van der Waals surface area contributed by atoms with E-state index in [2.05, 4.69) is 15.6 Å². The van der Waals surface area contributed by atoms with Gasteiger partial charge >= 0.3 is 0 Å². The lowest BCUT2D eigenvalue weighted by Crippen LogP contribution is -2.33. The molecule has 2 heterocycles. The zero-order chi connectivity index (χ0) is 25.8. The van der Waals surface area contributed by atoms with Crippen LogP contribution in [0.5, 0.6) is 5.75 Å². The van der Waals surface area contributed by atoms with E-state index in [1.165, 1.54) is 18.4 Å². The molecule has 12 heteroatoms. The van der Waals surface area contributed by atoms with Crippen LogP contribution in [-0.2, 0) is 13.0 Å². The van der Waals surface area contributed by atoms with Gasteiger partial charge in [-0.3, -0.25) is 14.9 Å². The van der Waals surface area contributed by atoms with Gasteiger partial charge in [0.1, 0.15) is 5.75 Å². The molecule has 1 aliphatic heterocycles. The summed E-state index contributed by atoms with van der Waals surface area (Å²) in [6.45, 7) is 0.910. The van der Waals surface area contributed by atoms with Crippen LogP contribution in [0, 0.1) is 10.1 Å². The van der Waals surface area contributed by atoms with Gasteiger partial charge in [-0.2, -0.15) is 0 Å². The fourth-order valence-electron chi connectivity index (χ4n) is 3.73. The van der Waals surface area contributed by atoms with Gasteiger partial charge < -0.3 is 30.9 Å². The van der Waals surface area contributed by atoms with Crippen LogP contribution in [0.1, 0.15) is 20.4 Å². The third-order valence-corrected chi connectivity index (χ3v) is 6.74. The van der Waals surface area contributed by atoms with Crippen LogP contribution < -0.4 is 26.0 Å². The molecule has 0 bridgehead atoms. The number of ether oxygens (including phenoxy) is 1. The summed E-state index contributed by atoms with van der Waals surface area (Å²) in [5.74, 6) is 0.565. The Morgan fingerprint density at radius 2 is 2.00 bits per heavy atom. The number of rotatable bonds is 8. The van der Waals surface area contributed by atoms with E-state index >= 15 is 0 Å². The van der Waals surface area contributed by atoms with Crippen LogP contribution in [0.25, 0.3) is 0 Å². The molecule has 4 N–H and O–H groups in total. The van der Waals surface area contributed by atoms with Gasteiger partial charge in [0.2, 0.25) is 0 Å². The molecule has 4 rings (SSSR count). The topological polar surface area (TPSA) is 139 Å². The number of fused-ring (bicyclic) bond motifs is 1. The molecule has 0 unspecified atom stereocenters. The highest BCUT2D eigenvalue weighted by atomic mass is 32.1. The van der Waals surface area contributed by atoms with Crippen molar-refractivity contribution in [3.05, 3.63) is 80.2 Å². The van der Waals surface area contributed by atoms with Crippen molar-refractivity contribution in [1.29, 1.82) is 0 Å². The first kappa shape index (κ1) is 24.8. The van der Waals surface area contributed by atoms with Crippen molar-refractivity contribution in [3.8, 4) is 5.75 Å². The van der Waals surface area contributed by atoms with E-state index in [0.717, 1.165) is 28.1 Å². The molecular formula is C24H27N7O4S. The standard InChI is InChI=1S/C24H27N7O4S/c1-29(2)16-6-4-15(5-7-16)26-22(14-31(33)34)30-11-10-19-21(13-30)36-24(28-19)23(32)27-20-12-17(35-3)8-9-18(20)25/h4-9,12,14,26H,10-11,13,25H2,1-3H3,(H,27,32). The van der Waals surface area contributed by atoms with Crippen LogP contribution in [0.15, 0.2) is 54.5 Å². The Kier molecular flexibility index (Phi) is 7.25. The molecule has 0 fully saturated rings. The number of nitrogen functional groups attached to an aromatic ring is 1. The zero-order valence-electron chi connectivity index (χ0n) is 20.1. The van der Waals surface area contributed by atoms with Gasteiger partial charge in [-0.05, 0) is 36.4 Å². The number of carbonyl (C=O) groups excluding carboxylic acids is 1. The van der Waals surface area contributed by atoms with Gasteiger partial charge in [0.05, 0.1) is 35.6 Å². The number of nitro groups is 1. The highest BCUT2D eigenvalue weighted by molar-refractivity contribution is 7.13. The largest absolute Gasteiger partial charge is 0.497 e. The Hall–Kier alpha value is -4.32. The molecule has 36 heavy (non-hydrogen) atoms. The second-order valence-corrected chi connectivity index (χ2v) is 9.42. The Labute approximate surface area is 212 Å². The van der Waals surface area contributed by atoms with E-state index in [0.29, 0.717) is 47.5 Å². The predicted octanol–water partition coefficient (Wildman–Crippen LogP) is 3.60. The van der Waals surface area contributed by atoms with Gasteiger partial charge in [0.25, 0.3) is 12.1 Å². The molecule has 1 amide bonds. The van der Waals surface area contributed by atoms with Crippen LogP contribution in [0.2, 0.25) is 0 Å². The number of thiazole rings is 1. The van der Waals surface area contributed by atoms with Crippen molar-refractivity contribution in [2.45, 2.75) is 13.0 Å². The molecule has 1 aromatic heterocycles. The van der Waals surface area contributed by atoms with Crippen LogP contribution in [0.3, 0.4) is 0 Å². The Morgan fingerprint density at radius 3 is 2.67 bits per heavy atom. The number of nitrogens with two attached hydrogens (primary N) is 1. The molecule has 0 saturated heterocycles. The summed E-state index contributed by atoms with van der Waals surface area (Å²) in [6.07, 6.45) is 1.52. The number of amides is 1. The number of carbonyl (C=O) groups is 1. The maximum absolute atomic E-state index is 12.9. The maximum Gasteiger partial charge on any atom is 0.284 e. The van der Waals surface area contributed by atoms with Crippen LogP contribution in [0.4, 0.5) is 22.7 Å². The molecule has 11 nitrogen and oxygen atoms in total. The van der Waals surface area contributed by atoms with Crippen molar-refractivity contribution in [1.82, 2.24) is 9.88 Å². The van der Waals surface area contributed by atoms with Gasteiger partial charge in [0.15, 0.2) is 10.8 Å². The van der Waals surface area contributed by atoms with E-state index in [1.54, 1.807) is 18.2 Å². The Morgan fingerprint density at radius 1 is 1.25 bits per heavy atom. The quantitative estimate of drug-likeness (QED) is 0.236. The second-order valence-electron chi connectivity index (χ2n) is 8.33. The van der Waals surface area contributed by atoms with E-state index in [1.807, 2.05) is 48.2 Å². The van der Waals surface area contributed by atoms with Crippen molar-refractivity contribution >= 4 is 40.0 Å². The summed E-state index contributed by atoms with van der Waals surface area (Å²) in [6, 6.07) is 12.6. The fraction of sp³-hybridized carbons (Fsp3) is 0.250. The Balaban J connectivity index is 1.50. The highest BCUT2D eigenvalue weighted by Crippen LogP contribution is 2.30. The highest BCUT2D eigenvalue weighted by Gasteiger charge is 2.26. The van der Waals surface area contributed by atoms with Crippen molar-refractivity contribution in [2.24, 2.45) is 0 Å². The average Bonchev–Trinajstić information content (AvgIpc) is 3.29. The minimum atomic E-state index is -0.476. The summed E-state index contributed by atoms with van der Waals surface area (Å²) in [5.41, 5.74) is 9.41. The first-order valence-electron chi connectivity index (χ1n) is 11.1. The van der Waals surface area contributed by atoms with E-state index in [4.69, 9.17) is 10.5 Å². The summed E-state index contributed by atoms with van der Waals surface area (Å²) >= 11 is 1.26.